The van der Waals surface area contributed by atoms with E-state index in [-0.39, 0.29) is 6.10 Å². The first-order valence-corrected chi connectivity index (χ1v) is 5.44. The molecule has 0 unspecified atom stereocenters. The highest BCUT2D eigenvalue weighted by molar-refractivity contribution is 8.67. The van der Waals surface area contributed by atoms with Crippen LogP contribution in [0.1, 0.15) is 25.7 Å². The third-order valence-corrected chi connectivity index (χ3v) is 2.67. The van der Waals surface area contributed by atoms with Gasteiger partial charge in [-0.2, -0.15) is 0 Å². The van der Waals surface area contributed by atoms with E-state index in [2.05, 4.69) is 16.4 Å². The lowest BCUT2D eigenvalue weighted by molar-refractivity contribution is 0.121. The second kappa shape index (κ2) is 4.49. The monoisotopic (exact) mass is 179 g/mol. The third-order valence-electron chi connectivity index (χ3n) is 1.92. The zero-order valence-corrected chi connectivity index (χ0v) is 7.50. The van der Waals surface area contributed by atoms with E-state index in [0.29, 0.717) is 6.04 Å². The number of thiol groups is 1. The summed E-state index contributed by atoms with van der Waals surface area (Å²) in [4.78, 5) is 0. The number of rotatable bonds is 2. The fraction of sp³-hybridized carbons (Fsp3) is 1.00. The van der Waals surface area contributed by atoms with E-state index in [1.807, 2.05) is 0 Å². The molecule has 0 aromatic heterocycles. The van der Waals surface area contributed by atoms with Gasteiger partial charge in [0, 0.05) is 6.04 Å². The van der Waals surface area contributed by atoms with Gasteiger partial charge in [-0.1, -0.05) is 11.7 Å². The number of hydrogen-bond donors (Lipinski definition) is 3. The minimum atomic E-state index is -0.0528. The number of nitrogens with one attached hydrogen (secondary N) is 1. The van der Waals surface area contributed by atoms with Crippen LogP contribution in [0.15, 0.2) is 0 Å². The van der Waals surface area contributed by atoms with Gasteiger partial charge in [0.2, 0.25) is 0 Å². The lowest BCUT2D eigenvalue weighted by Crippen LogP contribution is -2.29. The molecule has 0 aromatic carbocycles. The molecule has 0 aromatic rings. The van der Waals surface area contributed by atoms with Crippen LogP contribution in [-0.4, -0.2) is 17.3 Å². The van der Waals surface area contributed by atoms with Crippen molar-refractivity contribution in [3.8, 4) is 0 Å². The van der Waals surface area contributed by atoms with Gasteiger partial charge in [0.1, 0.15) is 0 Å². The van der Waals surface area contributed by atoms with Crippen LogP contribution >= 0.6 is 22.6 Å². The van der Waals surface area contributed by atoms with Gasteiger partial charge in [0.25, 0.3) is 0 Å². The van der Waals surface area contributed by atoms with Gasteiger partial charge in [-0.05, 0) is 36.7 Å². The van der Waals surface area contributed by atoms with Gasteiger partial charge < -0.3 is 5.11 Å². The van der Waals surface area contributed by atoms with Crippen LogP contribution in [0.3, 0.4) is 0 Å². The molecule has 60 valence electrons. The summed E-state index contributed by atoms with van der Waals surface area (Å²) < 4.78 is 3.17. The molecule has 1 aliphatic carbocycles. The molecule has 0 radical (unpaired) electrons. The Morgan fingerprint density at radius 2 is 1.90 bits per heavy atom. The van der Waals surface area contributed by atoms with E-state index < -0.39 is 0 Å². The average Bonchev–Trinajstić information content (AvgIpc) is 1.95. The van der Waals surface area contributed by atoms with Crippen LogP contribution in [0, 0.1) is 0 Å². The van der Waals surface area contributed by atoms with E-state index in [1.165, 1.54) is 11.0 Å². The molecule has 0 heterocycles. The quantitative estimate of drug-likeness (QED) is 0.340. The van der Waals surface area contributed by atoms with Gasteiger partial charge in [0.15, 0.2) is 0 Å². The topological polar surface area (TPSA) is 32.3 Å². The van der Waals surface area contributed by atoms with E-state index in [9.17, 15) is 0 Å². The molecule has 1 saturated carbocycles. The molecule has 1 fully saturated rings. The van der Waals surface area contributed by atoms with Crippen molar-refractivity contribution in [2.45, 2.75) is 37.8 Å². The fourth-order valence-electron chi connectivity index (χ4n) is 1.27. The average molecular weight is 179 g/mol. The van der Waals surface area contributed by atoms with Crippen LogP contribution in [-0.2, 0) is 0 Å². The molecule has 1 aliphatic rings. The molecule has 0 spiro atoms. The second-order valence-corrected chi connectivity index (χ2v) is 3.68. The van der Waals surface area contributed by atoms with E-state index in [1.54, 1.807) is 0 Å². The summed E-state index contributed by atoms with van der Waals surface area (Å²) in [5.74, 6) is 0. The molecule has 0 atom stereocenters. The van der Waals surface area contributed by atoms with Gasteiger partial charge >= 0.3 is 0 Å². The Bertz CT molecular complexity index is 93.7. The molecule has 0 aliphatic heterocycles. The summed E-state index contributed by atoms with van der Waals surface area (Å²) >= 11 is 4.00. The van der Waals surface area contributed by atoms with E-state index in [4.69, 9.17) is 5.11 Å². The fourth-order valence-corrected chi connectivity index (χ4v) is 2.10. The molecule has 1 rings (SSSR count). The summed E-state index contributed by atoms with van der Waals surface area (Å²) in [6.07, 6.45) is 3.98. The minimum absolute atomic E-state index is 0.0528. The summed E-state index contributed by atoms with van der Waals surface area (Å²) in [5, 5.41) is 9.14. The first kappa shape index (κ1) is 8.71. The Balaban J connectivity index is 2.13. The Hall–Kier alpha value is 0.620. The van der Waals surface area contributed by atoms with Crippen LogP contribution < -0.4 is 4.72 Å². The predicted molar refractivity (Wildman–Crippen MR) is 48.0 cm³/mol. The zero-order chi connectivity index (χ0) is 7.40. The SMILES string of the molecule is O[C@H]1CC[C@H](NSS)CC1. The largest absolute Gasteiger partial charge is 0.393 e. The van der Waals surface area contributed by atoms with E-state index in [0.717, 1.165) is 25.7 Å². The van der Waals surface area contributed by atoms with Gasteiger partial charge in [-0.25, -0.2) is 0 Å². The van der Waals surface area contributed by atoms with Gasteiger partial charge in [0.05, 0.1) is 6.10 Å². The Labute approximate surface area is 70.7 Å². The highest BCUT2D eigenvalue weighted by atomic mass is 33.1. The number of aliphatic hydroxyl groups is 1. The molecule has 2 nitrogen and oxygen atoms in total. The third kappa shape index (κ3) is 2.70. The Morgan fingerprint density at radius 1 is 1.30 bits per heavy atom. The zero-order valence-electron chi connectivity index (χ0n) is 5.79. The summed E-state index contributed by atoms with van der Waals surface area (Å²) in [5.41, 5.74) is 0. The standard InChI is InChI=1S/C6H13NOS2/c8-6-3-1-5(2-4-6)7-10-9/h5-9H,1-4H2/t5-,6-. The minimum Gasteiger partial charge on any atom is -0.393 e. The Kier molecular flexibility index (Phi) is 3.91. The summed E-state index contributed by atoms with van der Waals surface area (Å²) in [7, 11) is 1.37. The van der Waals surface area contributed by atoms with Crippen molar-refractivity contribution >= 4 is 22.6 Å². The van der Waals surface area contributed by atoms with Crippen LogP contribution in [0.25, 0.3) is 0 Å². The predicted octanol–water partition coefficient (Wildman–Crippen LogP) is 1.37. The molecule has 0 bridgehead atoms. The van der Waals surface area contributed by atoms with Crippen molar-refractivity contribution in [2.24, 2.45) is 0 Å². The first-order chi connectivity index (χ1) is 4.83. The van der Waals surface area contributed by atoms with E-state index >= 15 is 0 Å². The van der Waals surface area contributed by atoms with Crippen LogP contribution in [0.4, 0.5) is 0 Å². The van der Waals surface area contributed by atoms with Crippen molar-refractivity contribution in [1.82, 2.24) is 4.72 Å². The van der Waals surface area contributed by atoms with Crippen molar-refractivity contribution in [3.05, 3.63) is 0 Å². The highest BCUT2D eigenvalue weighted by Crippen LogP contribution is 2.20. The van der Waals surface area contributed by atoms with Gasteiger partial charge in [-0.3, -0.25) is 4.72 Å². The maximum Gasteiger partial charge on any atom is 0.0541 e. The molecule has 0 saturated heterocycles. The Morgan fingerprint density at radius 3 is 2.40 bits per heavy atom. The second-order valence-electron chi connectivity index (χ2n) is 2.71. The van der Waals surface area contributed by atoms with Crippen LogP contribution in [0.2, 0.25) is 0 Å². The van der Waals surface area contributed by atoms with Gasteiger partial charge in [-0.15, -0.1) is 0 Å². The normalized spacial score (nSPS) is 34.2. The smallest absolute Gasteiger partial charge is 0.0541 e. The van der Waals surface area contributed by atoms with Crippen molar-refractivity contribution < 1.29 is 5.11 Å². The highest BCUT2D eigenvalue weighted by Gasteiger charge is 2.18. The summed E-state index contributed by atoms with van der Waals surface area (Å²) in [6.45, 7) is 0. The first-order valence-electron chi connectivity index (χ1n) is 3.57. The lowest BCUT2D eigenvalue weighted by atomic mass is 9.94. The molecule has 2 N–H and O–H groups in total. The molecule has 4 heteroatoms. The molecule has 10 heavy (non-hydrogen) atoms. The van der Waals surface area contributed by atoms with Crippen molar-refractivity contribution in [1.29, 1.82) is 0 Å². The van der Waals surface area contributed by atoms with Crippen molar-refractivity contribution in [2.75, 3.05) is 0 Å². The van der Waals surface area contributed by atoms with Crippen molar-refractivity contribution in [3.63, 3.8) is 0 Å². The molecular weight excluding hydrogens is 166 g/mol. The maximum atomic E-state index is 9.14. The number of aliphatic hydroxyl groups excluding tert-OH is 1. The maximum absolute atomic E-state index is 9.14. The molecular formula is C6H13NOS2. The number of hydrogen-bond acceptors (Lipinski definition) is 4. The van der Waals surface area contributed by atoms with Crippen LogP contribution in [0.5, 0.6) is 0 Å². The molecule has 0 amide bonds. The lowest BCUT2D eigenvalue weighted by Gasteiger charge is -2.24. The summed E-state index contributed by atoms with van der Waals surface area (Å²) in [6, 6.07) is 0.561.